The number of benzene rings is 1. The van der Waals surface area contributed by atoms with Gasteiger partial charge in [-0.3, -0.25) is 5.32 Å². The van der Waals surface area contributed by atoms with Crippen molar-refractivity contribution in [3.63, 3.8) is 0 Å². The lowest BCUT2D eigenvalue weighted by Gasteiger charge is -2.07. The van der Waals surface area contributed by atoms with Gasteiger partial charge < -0.3 is 10.1 Å². The van der Waals surface area contributed by atoms with Crippen LogP contribution in [0, 0.1) is 11.6 Å². The number of rotatable bonds is 5. The van der Waals surface area contributed by atoms with E-state index in [-0.39, 0.29) is 29.4 Å². The smallest absolute Gasteiger partial charge is 0.362 e. The van der Waals surface area contributed by atoms with Gasteiger partial charge in [0.25, 0.3) is 0 Å². The number of hydrogen-bond donors (Lipinski definition) is 2. The molecule has 0 radical (unpaired) electrons. The molecule has 2 amide bonds. The third kappa shape index (κ3) is 4.42. The molecular weight excluding hydrogens is 330 g/mol. The second kappa shape index (κ2) is 7.58. The van der Waals surface area contributed by atoms with Gasteiger partial charge in [0, 0.05) is 23.6 Å². The van der Waals surface area contributed by atoms with Crippen LogP contribution in [0.4, 0.5) is 18.6 Å². The SMILES string of the molecule is CCOC(=O)c1nnsc1NC(=O)NCc1cc(F)ccc1F. The number of carbonyl (C=O) groups excluding carboxylic acids is 2. The molecule has 0 unspecified atom stereocenters. The first-order valence-corrected chi connectivity index (χ1v) is 7.26. The fourth-order valence-electron chi connectivity index (χ4n) is 1.61. The van der Waals surface area contributed by atoms with Crippen LogP contribution in [0.25, 0.3) is 0 Å². The van der Waals surface area contributed by atoms with Crippen LogP contribution >= 0.6 is 11.5 Å². The maximum atomic E-state index is 13.4. The van der Waals surface area contributed by atoms with Gasteiger partial charge in [-0.05, 0) is 25.1 Å². The number of anilines is 1. The number of urea groups is 1. The molecule has 0 bridgehead atoms. The van der Waals surface area contributed by atoms with Gasteiger partial charge in [-0.2, -0.15) is 0 Å². The lowest BCUT2D eigenvalue weighted by molar-refractivity contribution is 0.0520. The summed E-state index contributed by atoms with van der Waals surface area (Å²) >= 11 is 0.791. The molecule has 0 saturated carbocycles. The van der Waals surface area contributed by atoms with E-state index in [1.54, 1.807) is 6.92 Å². The minimum Gasteiger partial charge on any atom is -0.461 e. The van der Waals surface area contributed by atoms with Crippen molar-refractivity contribution in [2.75, 3.05) is 11.9 Å². The molecule has 1 heterocycles. The van der Waals surface area contributed by atoms with Gasteiger partial charge in [-0.25, -0.2) is 18.4 Å². The Morgan fingerprint density at radius 2 is 2.13 bits per heavy atom. The normalized spacial score (nSPS) is 10.2. The van der Waals surface area contributed by atoms with Crippen LogP contribution in [0.2, 0.25) is 0 Å². The average molecular weight is 342 g/mol. The Morgan fingerprint density at radius 3 is 2.87 bits per heavy atom. The number of aromatic nitrogens is 2. The molecule has 0 saturated heterocycles. The number of carbonyl (C=O) groups is 2. The second-order valence-corrected chi connectivity index (χ2v) is 4.97. The zero-order chi connectivity index (χ0) is 16.8. The van der Waals surface area contributed by atoms with Gasteiger partial charge in [0.05, 0.1) is 6.61 Å². The molecule has 0 aliphatic rings. The van der Waals surface area contributed by atoms with Crippen LogP contribution in [-0.2, 0) is 11.3 Å². The summed E-state index contributed by atoms with van der Waals surface area (Å²) in [7, 11) is 0. The van der Waals surface area contributed by atoms with Crippen LogP contribution in [0.3, 0.4) is 0 Å². The molecule has 2 N–H and O–H groups in total. The summed E-state index contributed by atoms with van der Waals surface area (Å²) in [5.41, 5.74) is -0.128. The molecule has 122 valence electrons. The van der Waals surface area contributed by atoms with Gasteiger partial charge in [-0.15, -0.1) is 5.10 Å². The number of nitrogens with one attached hydrogen (secondary N) is 2. The third-order valence-electron chi connectivity index (χ3n) is 2.63. The first kappa shape index (κ1) is 16.7. The topological polar surface area (TPSA) is 93.2 Å². The molecule has 10 heteroatoms. The summed E-state index contributed by atoms with van der Waals surface area (Å²) in [5, 5.41) is 8.38. The summed E-state index contributed by atoms with van der Waals surface area (Å²) < 4.78 is 34.8. The quantitative estimate of drug-likeness (QED) is 0.814. The highest BCUT2D eigenvalue weighted by Crippen LogP contribution is 2.18. The minimum atomic E-state index is -0.717. The first-order valence-electron chi connectivity index (χ1n) is 6.49. The van der Waals surface area contributed by atoms with Crippen molar-refractivity contribution in [3.05, 3.63) is 41.1 Å². The molecule has 2 aromatic rings. The zero-order valence-corrected chi connectivity index (χ0v) is 12.7. The zero-order valence-electron chi connectivity index (χ0n) is 11.9. The van der Waals surface area contributed by atoms with Crippen molar-refractivity contribution in [3.8, 4) is 0 Å². The van der Waals surface area contributed by atoms with Crippen LogP contribution in [0.5, 0.6) is 0 Å². The van der Waals surface area contributed by atoms with Crippen molar-refractivity contribution >= 4 is 28.5 Å². The van der Waals surface area contributed by atoms with Crippen molar-refractivity contribution < 1.29 is 23.1 Å². The van der Waals surface area contributed by atoms with Crippen molar-refractivity contribution in [1.82, 2.24) is 14.9 Å². The van der Waals surface area contributed by atoms with E-state index in [9.17, 15) is 18.4 Å². The van der Waals surface area contributed by atoms with E-state index < -0.39 is 23.6 Å². The van der Waals surface area contributed by atoms with Crippen LogP contribution in [0.15, 0.2) is 18.2 Å². The summed E-state index contributed by atoms with van der Waals surface area (Å²) in [6.45, 7) is 1.56. The fourth-order valence-corrected chi connectivity index (χ4v) is 2.16. The molecule has 0 atom stereocenters. The Labute approximate surface area is 133 Å². The molecule has 0 fully saturated rings. The Bertz CT molecular complexity index is 723. The van der Waals surface area contributed by atoms with Gasteiger partial charge in [0.2, 0.25) is 5.69 Å². The van der Waals surface area contributed by atoms with E-state index in [2.05, 4.69) is 20.2 Å². The Hall–Kier alpha value is -2.62. The molecular formula is C13H12F2N4O3S. The van der Waals surface area contributed by atoms with Gasteiger partial charge in [-0.1, -0.05) is 4.49 Å². The fraction of sp³-hybridized carbons (Fsp3) is 0.231. The van der Waals surface area contributed by atoms with E-state index in [1.807, 2.05) is 0 Å². The molecule has 7 nitrogen and oxygen atoms in total. The highest BCUT2D eigenvalue weighted by Gasteiger charge is 2.19. The largest absolute Gasteiger partial charge is 0.461 e. The van der Waals surface area contributed by atoms with E-state index in [4.69, 9.17) is 4.74 Å². The summed E-state index contributed by atoms with van der Waals surface area (Å²) in [6.07, 6.45) is 0. The van der Waals surface area contributed by atoms with E-state index in [1.165, 1.54) is 0 Å². The van der Waals surface area contributed by atoms with E-state index in [0.29, 0.717) is 0 Å². The number of halogens is 2. The van der Waals surface area contributed by atoms with Gasteiger partial charge in [0.1, 0.15) is 11.6 Å². The predicted octanol–water partition coefficient (Wildman–Crippen LogP) is 2.31. The van der Waals surface area contributed by atoms with Gasteiger partial charge in [0.15, 0.2) is 5.00 Å². The van der Waals surface area contributed by atoms with E-state index >= 15 is 0 Å². The highest BCUT2D eigenvalue weighted by molar-refractivity contribution is 7.10. The highest BCUT2D eigenvalue weighted by atomic mass is 32.1. The summed E-state index contributed by atoms with van der Waals surface area (Å²) in [4.78, 5) is 23.4. The maximum Gasteiger partial charge on any atom is 0.362 e. The summed E-state index contributed by atoms with van der Waals surface area (Å²) in [6, 6.07) is 2.21. The van der Waals surface area contributed by atoms with Gasteiger partial charge >= 0.3 is 12.0 Å². The first-order chi connectivity index (χ1) is 11.0. The Kier molecular flexibility index (Phi) is 5.52. The number of nitrogens with zero attached hydrogens (tertiary/aromatic N) is 2. The van der Waals surface area contributed by atoms with E-state index in [0.717, 1.165) is 29.7 Å². The van der Waals surface area contributed by atoms with Crippen LogP contribution in [-0.4, -0.2) is 28.2 Å². The van der Waals surface area contributed by atoms with Crippen LogP contribution < -0.4 is 10.6 Å². The third-order valence-corrected chi connectivity index (χ3v) is 3.27. The molecule has 0 aliphatic carbocycles. The molecule has 2 rings (SSSR count). The predicted molar refractivity (Wildman–Crippen MR) is 78.1 cm³/mol. The number of esters is 1. The van der Waals surface area contributed by atoms with Crippen molar-refractivity contribution in [2.24, 2.45) is 0 Å². The average Bonchev–Trinajstić information content (AvgIpc) is 2.96. The summed E-state index contributed by atoms with van der Waals surface area (Å²) in [5.74, 6) is -1.97. The molecule has 1 aromatic carbocycles. The maximum absolute atomic E-state index is 13.4. The molecule has 23 heavy (non-hydrogen) atoms. The Balaban J connectivity index is 1.97. The number of amides is 2. The second-order valence-electron chi connectivity index (χ2n) is 4.21. The molecule has 1 aromatic heterocycles. The number of ether oxygens (including phenoxy) is 1. The van der Waals surface area contributed by atoms with Crippen LogP contribution in [0.1, 0.15) is 23.0 Å². The molecule has 0 spiro atoms. The van der Waals surface area contributed by atoms with Crippen molar-refractivity contribution in [2.45, 2.75) is 13.5 Å². The minimum absolute atomic E-state index is 0.00630. The van der Waals surface area contributed by atoms with Crippen molar-refractivity contribution in [1.29, 1.82) is 0 Å². The monoisotopic (exact) mass is 342 g/mol. The lowest BCUT2D eigenvalue weighted by Crippen LogP contribution is -2.29. The number of hydrogen-bond acceptors (Lipinski definition) is 6. The standard InChI is InChI=1S/C13H12F2N4O3S/c1-2-22-12(20)10-11(23-19-18-10)17-13(21)16-6-7-5-8(14)3-4-9(7)15/h3-5H,2,6H2,1H3,(H2,16,17,21). The Morgan fingerprint density at radius 1 is 1.35 bits per heavy atom. The lowest BCUT2D eigenvalue weighted by atomic mass is 10.2. The molecule has 0 aliphatic heterocycles.